The molecule has 0 N–H and O–H groups in total. The van der Waals surface area contributed by atoms with Gasteiger partial charge in [0, 0.05) is 16.8 Å². The molecule has 0 aliphatic rings. The predicted molar refractivity (Wildman–Crippen MR) is 34.7 cm³/mol. The number of hydrogen-bond donors (Lipinski definition) is 0. The van der Waals surface area contributed by atoms with E-state index in [0.717, 1.165) is 0 Å². The molecule has 26 valence electrons. The van der Waals surface area contributed by atoms with E-state index >= 15 is 0 Å². The van der Waals surface area contributed by atoms with Crippen LogP contribution in [0.25, 0.3) is 0 Å². The molecule has 0 atom stereocenters. The first-order valence-electron chi connectivity index (χ1n) is 1.15. The Hall–Kier alpha value is 0.260. The topological polar surface area (TPSA) is 0 Å². The molecule has 0 aliphatic carbocycles. The zero-order chi connectivity index (χ0) is 4.00. The van der Waals surface area contributed by atoms with Gasteiger partial charge in [-0.2, -0.15) is 0 Å². The fourth-order valence-corrected chi connectivity index (χ4v) is 0. The third-order valence-electron chi connectivity index (χ3n) is 0. The van der Waals surface area contributed by atoms with Crippen molar-refractivity contribution in [2.45, 2.75) is 13.6 Å². The lowest BCUT2D eigenvalue weighted by molar-refractivity contribution is 2.39. The molecule has 0 rings (SSSR count). The standard InChI is InChI=1S/2CH3B.2B/c2*1-2;;/h2*1H3;;. The second kappa shape index (κ2) is 1410. The summed E-state index contributed by atoms with van der Waals surface area (Å²) in [5.41, 5.74) is 0. The van der Waals surface area contributed by atoms with Gasteiger partial charge in [0.15, 0.2) is 0 Å². The molecular formula is C2H6B4. The Labute approximate surface area is 47.1 Å². The fraction of sp³-hybridized carbons (Fsp3) is 1.00. The highest BCUT2D eigenvalue weighted by molar-refractivity contribution is 6.05. The van der Waals surface area contributed by atoms with Crippen molar-refractivity contribution < 1.29 is 0 Å². The van der Waals surface area contributed by atoms with E-state index in [1.165, 1.54) is 13.6 Å². The van der Waals surface area contributed by atoms with Crippen molar-refractivity contribution in [3.63, 3.8) is 0 Å². The van der Waals surface area contributed by atoms with Gasteiger partial charge in [-0.15, -0.1) is 0 Å². The SMILES string of the molecule is [B].[B].[B]C.[B]C. The molecule has 0 spiro atoms. The highest BCUT2D eigenvalue weighted by Gasteiger charge is 0.986. The molecule has 10 radical (unpaired) electrons. The predicted octanol–water partition coefficient (Wildman–Crippen LogP) is -0.356. The van der Waals surface area contributed by atoms with Gasteiger partial charge in [0.05, 0.1) is 15.7 Å². The average molecular weight is 73.3 g/mol. The summed E-state index contributed by atoms with van der Waals surface area (Å²) in [6.07, 6.45) is 0. The Kier molecular flexibility index (Phi) is 8000. The Balaban J connectivity index is -0.00000000500. The summed E-state index contributed by atoms with van der Waals surface area (Å²) < 4.78 is 0. The molecule has 0 fully saturated rings. The van der Waals surface area contributed by atoms with Crippen LogP contribution in [0.1, 0.15) is 0 Å². The van der Waals surface area contributed by atoms with Gasteiger partial charge in [-0.25, -0.2) is 0 Å². The minimum absolute atomic E-state index is 0. The molecule has 0 saturated heterocycles. The maximum Gasteiger partial charge on any atom is 0.0606 e. The van der Waals surface area contributed by atoms with Gasteiger partial charge in [0.2, 0.25) is 0 Å². The van der Waals surface area contributed by atoms with Crippen LogP contribution in [0.3, 0.4) is 0 Å². The van der Waals surface area contributed by atoms with Gasteiger partial charge in [-0.05, 0) is 0 Å². The van der Waals surface area contributed by atoms with E-state index in [-0.39, 0.29) is 16.8 Å². The number of rotatable bonds is 0. The van der Waals surface area contributed by atoms with Gasteiger partial charge >= 0.3 is 0 Å². The second-order valence-electron chi connectivity index (χ2n) is 0. The fourth-order valence-electron chi connectivity index (χ4n) is 0. The van der Waals surface area contributed by atoms with Crippen LogP contribution in [-0.2, 0) is 0 Å². The molecule has 0 aromatic rings. The van der Waals surface area contributed by atoms with Crippen LogP contribution < -0.4 is 0 Å². The van der Waals surface area contributed by atoms with E-state index < -0.39 is 0 Å². The first-order valence-corrected chi connectivity index (χ1v) is 1.15. The van der Waals surface area contributed by atoms with E-state index in [0.29, 0.717) is 0 Å². The third kappa shape index (κ3) is 671. The summed E-state index contributed by atoms with van der Waals surface area (Å²) in [5.74, 6) is 0. The largest absolute Gasteiger partial charge is 0.0999 e. The summed E-state index contributed by atoms with van der Waals surface area (Å²) in [6.45, 7) is 3.00. The van der Waals surface area contributed by atoms with Crippen LogP contribution in [0.4, 0.5) is 0 Å². The van der Waals surface area contributed by atoms with Crippen LogP contribution in [0.2, 0.25) is 13.6 Å². The van der Waals surface area contributed by atoms with Crippen LogP contribution in [0.15, 0.2) is 0 Å². The Morgan fingerprint density at radius 1 is 0.667 bits per heavy atom. The van der Waals surface area contributed by atoms with Crippen molar-refractivity contribution in [2.24, 2.45) is 0 Å². The maximum absolute atomic E-state index is 4.50. The molecule has 0 unspecified atom stereocenters. The lowest BCUT2D eigenvalue weighted by Gasteiger charge is -1.02. The molecule has 4 heteroatoms. The smallest absolute Gasteiger partial charge is 0.0606 e. The number of hydrogen-bond acceptors (Lipinski definition) is 0. The quantitative estimate of drug-likeness (QED) is 0.344. The van der Waals surface area contributed by atoms with Crippen molar-refractivity contribution in [3.8, 4) is 0 Å². The monoisotopic (exact) mass is 74.1 g/mol. The van der Waals surface area contributed by atoms with E-state index in [1.54, 1.807) is 0 Å². The molecule has 0 aromatic carbocycles. The average Bonchev–Trinajstić information content (AvgIpc) is 1.50. The zero-order valence-electron chi connectivity index (χ0n) is 4.31. The van der Waals surface area contributed by atoms with Gasteiger partial charge in [-0.1, -0.05) is 13.6 Å². The van der Waals surface area contributed by atoms with Crippen molar-refractivity contribution in [3.05, 3.63) is 0 Å². The molecule has 0 nitrogen and oxygen atoms in total. The maximum atomic E-state index is 4.50. The zero-order valence-corrected chi connectivity index (χ0v) is 4.31. The van der Waals surface area contributed by atoms with Crippen molar-refractivity contribution in [1.29, 1.82) is 0 Å². The van der Waals surface area contributed by atoms with Gasteiger partial charge in [-0.3, -0.25) is 0 Å². The lowest BCUT2D eigenvalue weighted by atomic mass is 10.2. The Bertz CT molecular complexity index is 5.51. The van der Waals surface area contributed by atoms with E-state index in [4.69, 9.17) is 0 Å². The highest BCUT2D eigenvalue weighted by atomic mass is 12.6. The highest BCUT2D eigenvalue weighted by Crippen LogP contribution is 0.962. The van der Waals surface area contributed by atoms with Crippen molar-refractivity contribution >= 4 is 32.5 Å². The van der Waals surface area contributed by atoms with Crippen molar-refractivity contribution in [1.82, 2.24) is 0 Å². The van der Waals surface area contributed by atoms with E-state index in [2.05, 4.69) is 15.7 Å². The van der Waals surface area contributed by atoms with Gasteiger partial charge in [0.25, 0.3) is 0 Å². The molecular weight excluding hydrogens is 67.3 g/mol. The molecule has 0 heterocycles. The minimum atomic E-state index is 0. The van der Waals surface area contributed by atoms with Gasteiger partial charge in [0.1, 0.15) is 0 Å². The lowest BCUT2D eigenvalue weighted by Crippen LogP contribution is -1.13. The Morgan fingerprint density at radius 3 is 0.667 bits per heavy atom. The summed E-state index contributed by atoms with van der Waals surface area (Å²) in [6, 6.07) is 0. The summed E-state index contributed by atoms with van der Waals surface area (Å²) in [4.78, 5) is 0. The third-order valence-corrected chi connectivity index (χ3v) is 0. The van der Waals surface area contributed by atoms with Crippen LogP contribution in [0.5, 0.6) is 0 Å². The summed E-state index contributed by atoms with van der Waals surface area (Å²) >= 11 is 0. The van der Waals surface area contributed by atoms with Crippen molar-refractivity contribution in [2.75, 3.05) is 0 Å². The molecule has 0 aromatic heterocycles. The first-order chi connectivity index (χ1) is 2.00. The minimum Gasteiger partial charge on any atom is -0.0999 e. The molecule has 0 aliphatic heterocycles. The normalized spacial score (nSPS) is 1.67. The van der Waals surface area contributed by atoms with E-state index in [9.17, 15) is 0 Å². The first kappa shape index (κ1) is 33.9. The molecule has 6 heavy (non-hydrogen) atoms. The summed E-state index contributed by atoms with van der Waals surface area (Å²) in [5, 5.41) is 0. The molecule has 0 bridgehead atoms. The second-order valence-corrected chi connectivity index (χ2v) is 0. The Morgan fingerprint density at radius 2 is 0.667 bits per heavy atom. The van der Waals surface area contributed by atoms with E-state index in [1.807, 2.05) is 0 Å². The van der Waals surface area contributed by atoms with Crippen LogP contribution in [-0.4, -0.2) is 32.5 Å². The summed E-state index contributed by atoms with van der Waals surface area (Å²) in [7, 11) is 9.00. The van der Waals surface area contributed by atoms with Crippen LogP contribution >= 0.6 is 0 Å². The van der Waals surface area contributed by atoms with Crippen LogP contribution in [0, 0.1) is 0 Å². The van der Waals surface area contributed by atoms with Gasteiger partial charge < -0.3 is 0 Å². The molecule has 0 saturated carbocycles. The molecule has 0 amide bonds.